The fourth-order valence-corrected chi connectivity index (χ4v) is 3.20. The maximum atomic E-state index is 12.9. The topological polar surface area (TPSA) is 91.7 Å². The normalized spacial score (nSPS) is 18.4. The van der Waals surface area contributed by atoms with E-state index in [-0.39, 0.29) is 10.5 Å². The minimum Gasteiger partial charge on any atom is -0.479 e. The summed E-state index contributed by atoms with van der Waals surface area (Å²) in [6.45, 7) is 0. The Hall–Kier alpha value is -1.73. The summed E-state index contributed by atoms with van der Waals surface area (Å²) in [6.07, 6.45) is -1.11. The van der Waals surface area contributed by atoms with Crippen molar-refractivity contribution in [3.05, 3.63) is 34.5 Å². The molecule has 0 radical (unpaired) electrons. The molecular formula is C10H7FO5S. The molecule has 1 atom stereocenters. The van der Waals surface area contributed by atoms with Gasteiger partial charge in [0, 0.05) is 0 Å². The van der Waals surface area contributed by atoms with Crippen LogP contribution in [0.4, 0.5) is 4.39 Å². The summed E-state index contributed by atoms with van der Waals surface area (Å²) in [4.78, 5) is 9.59. The number of carbonyl (C=O) groups is 1. The van der Waals surface area contributed by atoms with Crippen molar-refractivity contribution < 1.29 is 27.8 Å². The molecule has 1 unspecified atom stereocenters. The van der Waals surface area contributed by atoms with E-state index in [2.05, 4.69) is 0 Å². The van der Waals surface area contributed by atoms with Gasteiger partial charge < -0.3 is 10.2 Å². The summed E-state index contributed by atoms with van der Waals surface area (Å²) in [6, 6.07) is 3.06. The van der Waals surface area contributed by atoms with Crippen LogP contribution in [0.15, 0.2) is 28.0 Å². The lowest BCUT2D eigenvalue weighted by atomic mass is 10.2. The monoisotopic (exact) mass is 258 g/mol. The maximum Gasteiger partial charge on any atom is 0.337 e. The summed E-state index contributed by atoms with van der Waals surface area (Å²) >= 11 is 0. The molecule has 2 rings (SSSR count). The van der Waals surface area contributed by atoms with E-state index in [9.17, 15) is 22.7 Å². The lowest BCUT2D eigenvalue weighted by Crippen LogP contribution is -2.25. The minimum atomic E-state index is -4.12. The molecule has 0 aliphatic carbocycles. The molecule has 7 heteroatoms. The highest BCUT2D eigenvalue weighted by molar-refractivity contribution is 7.96. The quantitative estimate of drug-likeness (QED) is 0.801. The lowest BCUT2D eigenvalue weighted by Gasteiger charge is -2.06. The van der Waals surface area contributed by atoms with Crippen LogP contribution in [0, 0.1) is 5.82 Å². The number of fused-ring (bicyclic) bond motifs is 1. The molecule has 0 amide bonds. The van der Waals surface area contributed by atoms with E-state index in [4.69, 9.17) is 5.11 Å². The second-order valence-electron chi connectivity index (χ2n) is 3.47. The second kappa shape index (κ2) is 3.64. The van der Waals surface area contributed by atoms with E-state index < -0.39 is 32.6 Å². The van der Waals surface area contributed by atoms with Gasteiger partial charge in [-0.05, 0) is 23.8 Å². The molecule has 0 fully saturated rings. The summed E-state index contributed by atoms with van der Waals surface area (Å²) in [5, 5.41) is 17.8. The Morgan fingerprint density at radius 2 is 2.00 bits per heavy atom. The van der Waals surface area contributed by atoms with Gasteiger partial charge in [-0.3, -0.25) is 0 Å². The molecular weight excluding hydrogens is 251 g/mol. The van der Waals surface area contributed by atoms with Crippen LogP contribution in [-0.4, -0.2) is 30.7 Å². The highest BCUT2D eigenvalue weighted by Crippen LogP contribution is 2.34. The fourth-order valence-electron chi connectivity index (χ4n) is 1.57. The smallest absolute Gasteiger partial charge is 0.337 e. The van der Waals surface area contributed by atoms with Gasteiger partial charge >= 0.3 is 5.97 Å². The predicted molar refractivity (Wildman–Crippen MR) is 55.2 cm³/mol. The van der Waals surface area contributed by atoms with E-state index in [1.165, 1.54) is 6.07 Å². The Bertz CT molecular complexity index is 632. The van der Waals surface area contributed by atoms with Gasteiger partial charge in [0.05, 0.1) is 9.80 Å². The molecule has 0 saturated heterocycles. The van der Waals surface area contributed by atoms with Crippen LogP contribution in [0.25, 0.3) is 6.08 Å². The van der Waals surface area contributed by atoms with Crippen LogP contribution in [0.2, 0.25) is 0 Å². The first-order valence-corrected chi connectivity index (χ1v) is 5.99. The third kappa shape index (κ3) is 1.73. The Kier molecular flexibility index (Phi) is 2.52. The van der Waals surface area contributed by atoms with Gasteiger partial charge in [0.2, 0.25) is 9.84 Å². The zero-order valence-corrected chi connectivity index (χ0v) is 9.11. The van der Waals surface area contributed by atoms with Crippen molar-refractivity contribution in [2.75, 3.05) is 0 Å². The number of carboxylic acid groups (broad SMARTS) is 1. The van der Waals surface area contributed by atoms with Crippen molar-refractivity contribution in [3.8, 4) is 0 Å². The van der Waals surface area contributed by atoms with Gasteiger partial charge in [0.15, 0.2) is 6.10 Å². The van der Waals surface area contributed by atoms with E-state index in [1.54, 1.807) is 0 Å². The number of halogens is 1. The number of aliphatic hydroxyl groups excluding tert-OH is 1. The Morgan fingerprint density at radius 3 is 2.59 bits per heavy atom. The third-order valence-corrected chi connectivity index (χ3v) is 4.27. The number of carboxylic acids is 1. The molecule has 0 aromatic heterocycles. The van der Waals surface area contributed by atoms with Crippen LogP contribution in [0.3, 0.4) is 0 Å². The number of hydrogen-bond acceptors (Lipinski definition) is 4. The van der Waals surface area contributed by atoms with E-state index in [0.29, 0.717) is 0 Å². The zero-order valence-electron chi connectivity index (χ0n) is 8.29. The molecule has 1 aromatic carbocycles. The lowest BCUT2D eigenvalue weighted by molar-refractivity contribution is -0.144. The highest BCUT2D eigenvalue weighted by atomic mass is 32.2. The van der Waals surface area contributed by atoms with E-state index >= 15 is 0 Å². The fraction of sp³-hybridized carbons (Fsp3) is 0.100. The average molecular weight is 258 g/mol. The van der Waals surface area contributed by atoms with Crippen molar-refractivity contribution >= 4 is 21.9 Å². The van der Waals surface area contributed by atoms with Crippen LogP contribution in [0.5, 0.6) is 0 Å². The van der Waals surface area contributed by atoms with E-state index in [1.807, 2.05) is 0 Å². The van der Waals surface area contributed by atoms with Crippen LogP contribution >= 0.6 is 0 Å². The molecule has 1 heterocycles. The summed E-state index contributed by atoms with van der Waals surface area (Å²) in [5.74, 6) is -2.42. The standard InChI is InChI=1S/C10H7FO5S/c11-6-2-1-5-3-8(9(12)10(13)14)17(15,16)7(5)4-6/h1-4,9,12H,(H,13,14). The molecule has 1 aliphatic rings. The Balaban J connectivity index is 2.61. The number of benzene rings is 1. The first kappa shape index (κ1) is 11.7. The summed E-state index contributed by atoms with van der Waals surface area (Å²) in [7, 11) is -4.12. The van der Waals surface area contributed by atoms with Crippen molar-refractivity contribution in [1.82, 2.24) is 0 Å². The van der Waals surface area contributed by atoms with E-state index in [0.717, 1.165) is 18.2 Å². The van der Waals surface area contributed by atoms with Gasteiger partial charge in [-0.25, -0.2) is 17.6 Å². The van der Waals surface area contributed by atoms with Crippen molar-refractivity contribution in [2.24, 2.45) is 0 Å². The molecule has 2 N–H and O–H groups in total. The van der Waals surface area contributed by atoms with Gasteiger partial charge in [0.25, 0.3) is 0 Å². The molecule has 0 saturated carbocycles. The summed E-state index contributed by atoms with van der Waals surface area (Å²) in [5.41, 5.74) is 0.168. The second-order valence-corrected chi connectivity index (χ2v) is 5.39. The highest BCUT2D eigenvalue weighted by Gasteiger charge is 2.37. The van der Waals surface area contributed by atoms with Crippen LogP contribution in [-0.2, 0) is 14.6 Å². The predicted octanol–water partition coefficient (Wildman–Crippen LogP) is 0.399. The first-order chi connectivity index (χ1) is 7.84. The number of aliphatic hydroxyl groups is 1. The molecule has 90 valence electrons. The maximum absolute atomic E-state index is 12.9. The number of aliphatic carboxylic acids is 1. The third-order valence-electron chi connectivity index (χ3n) is 2.38. The van der Waals surface area contributed by atoms with Crippen molar-refractivity contribution in [3.63, 3.8) is 0 Å². The van der Waals surface area contributed by atoms with Gasteiger partial charge in [0.1, 0.15) is 5.82 Å². The molecule has 0 spiro atoms. The van der Waals surface area contributed by atoms with Crippen molar-refractivity contribution in [1.29, 1.82) is 0 Å². The number of hydrogen-bond donors (Lipinski definition) is 2. The molecule has 1 aliphatic heterocycles. The summed E-state index contributed by atoms with van der Waals surface area (Å²) < 4.78 is 36.6. The largest absolute Gasteiger partial charge is 0.479 e. The first-order valence-electron chi connectivity index (χ1n) is 4.51. The van der Waals surface area contributed by atoms with Gasteiger partial charge in [-0.1, -0.05) is 6.07 Å². The molecule has 1 aromatic rings. The molecule has 5 nitrogen and oxygen atoms in total. The van der Waals surface area contributed by atoms with Gasteiger partial charge in [-0.2, -0.15) is 0 Å². The average Bonchev–Trinajstić information content (AvgIpc) is 2.50. The van der Waals surface area contributed by atoms with Gasteiger partial charge in [-0.15, -0.1) is 0 Å². The molecule has 0 bridgehead atoms. The van der Waals surface area contributed by atoms with Crippen LogP contribution in [0.1, 0.15) is 5.56 Å². The Morgan fingerprint density at radius 1 is 1.35 bits per heavy atom. The minimum absolute atomic E-state index is 0.168. The Labute approximate surface area is 95.7 Å². The van der Waals surface area contributed by atoms with Crippen molar-refractivity contribution in [2.45, 2.75) is 11.0 Å². The molecule has 17 heavy (non-hydrogen) atoms. The van der Waals surface area contributed by atoms with Crippen LogP contribution < -0.4 is 0 Å². The SMILES string of the molecule is O=C(O)C(O)C1=Cc2ccc(F)cc2S1(=O)=O. The zero-order chi connectivity index (χ0) is 12.8. The number of sulfone groups is 1. The number of rotatable bonds is 2.